The molecule has 0 bridgehead atoms. The Kier molecular flexibility index (Phi) is 3.51. The molecule has 4 unspecified atom stereocenters. The molecule has 0 spiro atoms. The Morgan fingerprint density at radius 2 is 2.04 bits per heavy atom. The van der Waals surface area contributed by atoms with Crippen molar-refractivity contribution in [2.24, 2.45) is 23.2 Å². The number of carbonyl (C=O) groups excluding carboxylic acids is 1. The van der Waals surface area contributed by atoms with E-state index in [1.165, 1.54) is 17.6 Å². The van der Waals surface area contributed by atoms with Crippen LogP contribution in [0.4, 0.5) is 0 Å². The van der Waals surface area contributed by atoms with Crippen LogP contribution in [-0.2, 0) is 9.59 Å². The van der Waals surface area contributed by atoms with Crippen molar-refractivity contribution in [3.05, 3.63) is 22.8 Å². The standard InChI is InChI=1S/C20H26O3/c1-20-9-8-16-15-6-4-14(21)10-12(15)2-5-17(16)18(20)7-3-13(20)11-19(22)23/h10,13,17-18H,2-9,11H2,1H3,(H,22,23). The fourth-order valence-electron chi connectivity index (χ4n) is 6.18. The smallest absolute Gasteiger partial charge is 0.303 e. The van der Waals surface area contributed by atoms with Crippen LogP contribution < -0.4 is 0 Å². The molecule has 4 aliphatic carbocycles. The number of rotatable bonds is 2. The summed E-state index contributed by atoms with van der Waals surface area (Å²) in [5.74, 6) is 1.31. The number of ketones is 1. The molecule has 0 heterocycles. The molecule has 4 rings (SSSR count). The highest BCUT2D eigenvalue weighted by Crippen LogP contribution is 2.62. The van der Waals surface area contributed by atoms with Gasteiger partial charge in [-0.2, -0.15) is 0 Å². The van der Waals surface area contributed by atoms with Crippen LogP contribution in [0.2, 0.25) is 0 Å². The van der Waals surface area contributed by atoms with E-state index in [9.17, 15) is 14.7 Å². The minimum Gasteiger partial charge on any atom is -0.481 e. The SMILES string of the molecule is CC12CCC3=C4CCC(=O)C=C4CCC3C1CCC2CC(=O)O. The summed E-state index contributed by atoms with van der Waals surface area (Å²) in [6.45, 7) is 2.36. The minimum atomic E-state index is -0.638. The summed E-state index contributed by atoms with van der Waals surface area (Å²) in [5, 5.41) is 9.24. The third kappa shape index (κ3) is 2.31. The van der Waals surface area contributed by atoms with Crippen LogP contribution in [0.15, 0.2) is 22.8 Å². The molecular weight excluding hydrogens is 288 g/mol. The van der Waals surface area contributed by atoms with E-state index in [4.69, 9.17) is 0 Å². The van der Waals surface area contributed by atoms with Crippen molar-refractivity contribution in [1.82, 2.24) is 0 Å². The molecule has 124 valence electrons. The van der Waals surface area contributed by atoms with E-state index in [-0.39, 0.29) is 5.41 Å². The number of carboxylic acid groups (broad SMARTS) is 1. The van der Waals surface area contributed by atoms with Gasteiger partial charge < -0.3 is 5.11 Å². The Balaban J connectivity index is 1.66. The number of carboxylic acids is 1. The van der Waals surface area contributed by atoms with Crippen LogP contribution in [0.25, 0.3) is 0 Å². The quantitative estimate of drug-likeness (QED) is 0.827. The predicted octanol–water partition coefficient (Wildman–Crippen LogP) is 4.28. The molecular formula is C20H26O3. The number of fused-ring (bicyclic) bond motifs is 4. The van der Waals surface area contributed by atoms with E-state index in [0.717, 1.165) is 38.5 Å². The second-order valence-electron chi connectivity index (χ2n) is 8.27. The second-order valence-corrected chi connectivity index (χ2v) is 8.27. The minimum absolute atomic E-state index is 0.207. The van der Waals surface area contributed by atoms with Gasteiger partial charge in [-0.25, -0.2) is 0 Å². The summed E-state index contributed by atoms with van der Waals surface area (Å²) in [7, 11) is 0. The zero-order chi connectivity index (χ0) is 16.2. The van der Waals surface area contributed by atoms with Gasteiger partial charge in [-0.15, -0.1) is 0 Å². The van der Waals surface area contributed by atoms with Crippen molar-refractivity contribution < 1.29 is 14.7 Å². The van der Waals surface area contributed by atoms with E-state index in [0.29, 0.717) is 36.4 Å². The first-order valence-electron chi connectivity index (χ1n) is 9.16. The van der Waals surface area contributed by atoms with Gasteiger partial charge in [-0.05, 0) is 85.3 Å². The molecule has 4 aliphatic rings. The van der Waals surface area contributed by atoms with Crippen LogP contribution >= 0.6 is 0 Å². The number of carbonyl (C=O) groups is 2. The number of hydrogen-bond donors (Lipinski definition) is 1. The molecule has 0 aromatic carbocycles. The fraction of sp³-hybridized carbons (Fsp3) is 0.700. The molecule has 0 radical (unpaired) electrons. The van der Waals surface area contributed by atoms with Crippen molar-refractivity contribution in [1.29, 1.82) is 0 Å². The van der Waals surface area contributed by atoms with Crippen molar-refractivity contribution >= 4 is 11.8 Å². The van der Waals surface area contributed by atoms with Crippen molar-refractivity contribution in [3.8, 4) is 0 Å². The van der Waals surface area contributed by atoms with Gasteiger partial charge in [0.15, 0.2) is 5.78 Å². The molecule has 3 nitrogen and oxygen atoms in total. The summed E-state index contributed by atoms with van der Waals surface area (Å²) in [6.07, 6.45) is 10.6. The van der Waals surface area contributed by atoms with Crippen LogP contribution in [0.1, 0.15) is 64.7 Å². The zero-order valence-corrected chi connectivity index (χ0v) is 13.9. The van der Waals surface area contributed by atoms with E-state index >= 15 is 0 Å². The van der Waals surface area contributed by atoms with Crippen molar-refractivity contribution in [2.75, 3.05) is 0 Å². The fourth-order valence-corrected chi connectivity index (χ4v) is 6.18. The summed E-state index contributed by atoms with van der Waals surface area (Å²) in [5.41, 5.74) is 4.66. The Hall–Kier alpha value is -1.38. The van der Waals surface area contributed by atoms with Gasteiger partial charge in [0.25, 0.3) is 0 Å². The van der Waals surface area contributed by atoms with Gasteiger partial charge in [-0.1, -0.05) is 12.5 Å². The highest BCUT2D eigenvalue weighted by Gasteiger charge is 2.53. The van der Waals surface area contributed by atoms with Crippen LogP contribution in [0.3, 0.4) is 0 Å². The zero-order valence-electron chi connectivity index (χ0n) is 13.9. The summed E-state index contributed by atoms with van der Waals surface area (Å²) >= 11 is 0. The monoisotopic (exact) mass is 314 g/mol. The first-order valence-corrected chi connectivity index (χ1v) is 9.16. The molecule has 2 fully saturated rings. The summed E-state index contributed by atoms with van der Waals surface area (Å²) in [6, 6.07) is 0. The average Bonchev–Trinajstić information content (AvgIpc) is 2.83. The van der Waals surface area contributed by atoms with Gasteiger partial charge in [-0.3, -0.25) is 9.59 Å². The van der Waals surface area contributed by atoms with Gasteiger partial charge >= 0.3 is 5.97 Å². The highest BCUT2D eigenvalue weighted by atomic mass is 16.4. The Morgan fingerprint density at radius 3 is 2.83 bits per heavy atom. The van der Waals surface area contributed by atoms with Gasteiger partial charge in [0, 0.05) is 12.8 Å². The molecule has 0 aromatic rings. The lowest BCUT2D eigenvalue weighted by molar-refractivity contribution is -0.139. The maximum absolute atomic E-state index is 11.7. The lowest BCUT2D eigenvalue weighted by atomic mass is 9.56. The van der Waals surface area contributed by atoms with Crippen LogP contribution in [0, 0.1) is 23.2 Å². The molecule has 0 amide bonds. The summed E-state index contributed by atoms with van der Waals surface area (Å²) in [4.78, 5) is 22.9. The van der Waals surface area contributed by atoms with Gasteiger partial charge in [0.05, 0.1) is 0 Å². The number of hydrogen-bond acceptors (Lipinski definition) is 2. The first kappa shape index (κ1) is 15.2. The predicted molar refractivity (Wildman–Crippen MR) is 87.9 cm³/mol. The topological polar surface area (TPSA) is 54.4 Å². The van der Waals surface area contributed by atoms with Crippen molar-refractivity contribution in [2.45, 2.75) is 64.7 Å². The first-order chi connectivity index (χ1) is 11.0. The van der Waals surface area contributed by atoms with E-state index in [1.807, 2.05) is 6.08 Å². The molecule has 4 atom stereocenters. The van der Waals surface area contributed by atoms with E-state index in [1.54, 1.807) is 5.57 Å². The van der Waals surface area contributed by atoms with E-state index < -0.39 is 5.97 Å². The maximum atomic E-state index is 11.7. The third-order valence-corrected chi connectivity index (χ3v) is 7.35. The molecule has 23 heavy (non-hydrogen) atoms. The maximum Gasteiger partial charge on any atom is 0.303 e. The van der Waals surface area contributed by atoms with Crippen LogP contribution in [0.5, 0.6) is 0 Å². The molecule has 0 aromatic heterocycles. The normalized spacial score (nSPS) is 39.4. The Bertz CT molecular complexity index is 627. The number of aliphatic carboxylic acids is 1. The Labute approximate surface area is 137 Å². The largest absolute Gasteiger partial charge is 0.481 e. The average molecular weight is 314 g/mol. The number of allylic oxidation sites excluding steroid dienone is 4. The van der Waals surface area contributed by atoms with E-state index in [2.05, 4.69) is 6.92 Å². The third-order valence-electron chi connectivity index (χ3n) is 7.35. The van der Waals surface area contributed by atoms with Crippen LogP contribution in [-0.4, -0.2) is 16.9 Å². The summed E-state index contributed by atoms with van der Waals surface area (Å²) < 4.78 is 0. The van der Waals surface area contributed by atoms with Gasteiger partial charge in [0.2, 0.25) is 0 Å². The lowest BCUT2D eigenvalue weighted by Crippen LogP contribution is -2.40. The molecule has 3 heteroatoms. The van der Waals surface area contributed by atoms with Crippen molar-refractivity contribution in [3.63, 3.8) is 0 Å². The molecule has 0 saturated heterocycles. The lowest BCUT2D eigenvalue weighted by Gasteiger charge is -2.49. The Morgan fingerprint density at radius 1 is 1.22 bits per heavy atom. The molecule has 1 N–H and O–H groups in total. The molecule has 0 aliphatic heterocycles. The van der Waals surface area contributed by atoms with Gasteiger partial charge in [0.1, 0.15) is 0 Å². The molecule has 2 saturated carbocycles. The highest BCUT2D eigenvalue weighted by molar-refractivity contribution is 5.93. The second kappa shape index (κ2) is 5.32.